The highest BCUT2D eigenvalue weighted by Crippen LogP contribution is 2.12. The quantitative estimate of drug-likeness (QED) is 0.507. The monoisotopic (exact) mass is 302 g/mol. The van der Waals surface area contributed by atoms with Gasteiger partial charge in [-0.05, 0) is 30.2 Å². The molecular formula is C15H14N2O3S. The van der Waals surface area contributed by atoms with Crippen LogP contribution in [0.3, 0.4) is 0 Å². The second kappa shape index (κ2) is 6.90. The van der Waals surface area contributed by atoms with E-state index in [2.05, 4.69) is 17.9 Å². The number of non-ortho nitro benzene ring substituents is 1. The van der Waals surface area contributed by atoms with Gasteiger partial charge in [0, 0.05) is 29.1 Å². The molecule has 108 valence electrons. The zero-order chi connectivity index (χ0) is 15.2. The molecule has 1 N–H and O–H groups in total. The lowest BCUT2D eigenvalue weighted by Crippen LogP contribution is -2.25. The van der Waals surface area contributed by atoms with Crippen molar-refractivity contribution in [2.24, 2.45) is 0 Å². The fraction of sp³-hybridized carbons (Fsp3) is 0.133. The van der Waals surface area contributed by atoms with Crippen LogP contribution in [-0.4, -0.2) is 17.4 Å². The number of nitrogens with zero attached hydrogens (tertiary/aromatic N) is 1. The Hall–Kier alpha value is -2.34. The first-order chi connectivity index (χ1) is 10.1. The number of nitro benzene ring substituents is 1. The SMILES string of the molecule is O=C(NCCc1ccc([N+](=O)[O-])cc1)c1cccc(S)c1. The van der Waals surface area contributed by atoms with Crippen LogP contribution in [0.5, 0.6) is 0 Å². The van der Waals surface area contributed by atoms with Crippen LogP contribution in [0.25, 0.3) is 0 Å². The first-order valence-electron chi connectivity index (χ1n) is 6.37. The van der Waals surface area contributed by atoms with Gasteiger partial charge in [0.25, 0.3) is 11.6 Å². The Morgan fingerprint density at radius 1 is 1.19 bits per heavy atom. The van der Waals surface area contributed by atoms with Gasteiger partial charge in [0.2, 0.25) is 0 Å². The summed E-state index contributed by atoms with van der Waals surface area (Å²) in [6.07, 6.45) is 0.615. The lowest BCUT2D eigenvalue weighted by molar-refractivity contribution is -0.384. The normalized spacial score (nSPS) is 10.1. The van der Waals surface area contributed by atoms with E-state index < -0.39 is 4.92 Å². The van der Waals surface area contributed by atoms with E-state index in [1.165, 1.54) is 12.1 Å². The number of hydrogen-bond acceptors (Lipinski definition) is 4. The predicted molar refractivity (Wildman–Crippen MR) is 82.8 cm³/mol. The molecule has 2 rings (SSSR count). The lowest BCUT2D eigenvalue weighted by Gasteiger charge is -2.06. The van der Waals surface area contributed by atoms with Crippen molar-refractivity contribution < 1.29 is 9.72 Å². The zero-order valence-electron chi connectivity index (χ0n) is 11.2. The zero-order valence-corrected chi connectivity index (χ0v) is 12.0. The molecule has 0 aliphatic rings. The minimum absolute atomic E-state index is 0.0633. The van der Waals surface area contributed by atoms with E-state index in [0.717, 1.165) is 10.5 Å². The van der Waals surface area contributed by atoms with Crippen molar-refractivity contribution in [3.63, 3.8) is 0 Å². The number of nitrogens with one attached hydrogen (secondary N) is 1. The largest absolute Gasteiger partial charge is 0.352 e. The van der Waals surface area contributed by atoms with E-state index in [1.54, 1.807) is 36.4 Å². The van der Waals surface area contributed by atoms with Gasteiger partial charge in [-0.15, -0.1) is 12.6 Å². The Morgan fingerprint density at radius 2 is 1.90 bits per heavy atom. The molecule has 0 saturated carbocycles. The maximum Gasteiger partial charge on any atom is 0.269 e. The first kappa shape index (κ1) is 15.1. The van der Waals surface area contributed by atoms with Gasteiger partial charge in [-0.3, -0.25) is 14.9 Å². The number of benzene rings is 2. The third-order valence-corrected chi connectivity index (χ3v) is 3.23. The van der Waals surface area contributed by atoms with Crippen LogP contribution in [0.15, 0.2) is 53.4 Å². The van der Waals surface area contributed by atoms with Gasteiger partial charge in [0.05, 0.1) is 4.92 Å². The highest BCUT2D eigenvalue weighted by atomic mass is 32.1. The minimum atomic E-state index is -0.435. The van der Waals surface area contributed by atoms with E-state index in [0.29, 0.717) is 18.5 Å². The summed E-state index contributed by atoms with van der Waals surface area (Å²) in [6.45, 7) is 0.466. The molecule has 0 spiro atoms. The molecule has 5 nitrogen and oxygen atoms in total. The third-order valence-electron chi connectivity index (χ3n) is 2.95. The molecule has 0 aliphatic carbocycles. The van der Waals surface area contributed by atoms with Gasteiger partial charge in [-0.2, -0.15) is 0 Å². The van der Waals surface area contributed by atoms with Crippen LogP contribution in [0, 0.1) is 10.1 Å². The molecule has 0 atom stereocenters. The van der Waals surface area contributed by atoms with Crippen LogP contribution in [0.2, 0.25) is 0 Å². The molecule has 0 aromatic heterocycles. The van der Waals surface area contributed by atoms with E-state index >= 15 is 0 Å². The predicted octanol–water partition coefficient (Wildman–Crippen LogP) is 2.86. The van der Waals surface area contributed by atoms with Gasteiger partial charge in [-0.25, -0.2) is 0 Å². The fourth-order valence-electron chi connectivity index (χ4n) is 1.85. The average Bonchev–Trinajstić information content (AvgIpc) is 2.47. The molecule has 0 unspecified atom stereocenters. The maximum absolute atomic E-state index is 11.9. The van der Waals surface area contributed by atoms with Crippen molar-refractivity contribution >= 4 is 24.2 Å². The summed E-state index contributed by atoms with van der Waals surface area (Å²) in [6, 6.07) is 13.3. The number of carbonyl (C=O) groups is 1. The number of nitro groups is 1. The van der Waals surface area contributed by atoms with Gasteiger partial charge >= 0.3 is 0 Å². The molecule has 21 heavy (non-hydrogen) atoms. The van der Waals surface area contributed by atoms with Crippen LogP contribution >= 0.6 is 12.6 Å². The van der Waals surface area contributed by atoms with E-state index in [-0.39, 0.29) is 11.6 Å². The van der Waals surface area contributed by atoms with Gasteiger partial charge in [0.1, 0.15) is 0 Å². The van der Waals surface area contributed by atoms with Gasteiger partial charge in [-0.1, -0.05) is 18.2 Å². The maximum atomic E-state index is 11.9. The van der Waals surface area contributed by atoms with E-state index in [9.17, 15) is 14.9 Å². The molecule has 6 heteroatoms. The van der Waals surface area contributed by atoms with Crippen LogP contribution < -0.4 is 5.32 Å². The Morgan fingerprint density at radius 3 is 2.52 bits per heavy atom. The Balaban J connectivity index is 1.86. The standard InChI is InChI=1S/C15H14N2O3S/c18-15(12-2-1-3-14(21)10-12)16-9-8-11-4-6-13(7-5-11)17(19)20/h1-7,10,21H,8-9H2,(H,16,18). The van der Waals surface area contributed by atoms with Crippen LogP contribution in [0.1, 0.15) is 15.9 Å². The summed E-state index contributed by atoms with van der Waals surface area (Å²) in [5.41, 5.74) is 1.56. The third kappa shape index (κ3) is 4.32. The van der Waals surface area contributed by atoms with Gasteiger partial charge in [0.15, 0.2) is 0 Å². The van der Waals surface area contributed by atoms with Crippen LogP contribution in [0.4, 0.5) is 5.69 Å². The molecule has 0 fully saturated rings. The molecule has 2 aromatic rings. The number of amides is 1. The van der Waals surface area contributed by atoms with Crippen molar-refractivity contribution in [2.75, 3.05) is 6.54 Å². The Labute approximate surface area is 127 Å². The van der Waals surface area contributed by atoms with Crippen molar-refractivity contribution in [1.29, 1.82) is 0 Å². The van der Waals surface area contributed by atoms with Crippen molar-refractivity contribution in [3.8, 4) is 0 Å². The summed E-state index contributed by atoms with van der Waals surface area (Å²) in [7, 11) is 0. The van der Waals surface area contributed by atoms with E-state index in [4.69, 9.17) is 0 Å². The number of hydrogen-bond donors (Lipinski definition) is 2. The smallest absolute Gasteiger partial charge is 0.269 e. The topological polar surface area (TPSA) is 72.2 Å². The summed E-state index contributed by atoms with van der Waals surface area (Å²) < 4.78 is 0. The lowest BCUT2D eigenvalue weighted by atomic mass is 10.1. The number of thiol groups is 1. The highest BCUT2D eigenvalue weighted by Gasteiger charge is 2.06. The highest BCUT2D eigenvalue weighted by molar-refractivity contribution is 7.80. The minimum Gasteiger partial charge on any atom is -0.352 e. The summed E-state index contributed by atoms with van der Waals surface area (Å²) in [5.74, 6) is -0.159. The fourth-order valence-corrected chi connectivity index (χ4v) is 2.08. The van der Waals surface area contributed by atoms with Crippen molar-refractivity contribution in [1.82, 2.24) is 5.32 Å². The Kier molecular flexibility index (Phi) is 4.94. The van der Waals surface area contributed by atoms with Crippen molar-refractivity contribution in [2.45, 2.75) is 11.3 Å². The summed E-state index contributed by atoms with van der Waals surface area (Å²) in [5, 5.41) is 13.3. The molecule has 1 amide bonds. The summed E-state index contributed by atoms with van der Waals surface area (Å²) in [4.78, 5) is 22.7. The number of rotatable bonds is 5. The molecule has 0 saturated heterocycles. The molecule has 0 heterocycles. The van der Waals surface area contributed by atoms with E-state index in [1.807, 2.05) is 0 Å². The first-order valence-corrected chi connectivity index (χ1v) is 6.81. The number of carbonyl (C=O) groups excluding carboxylic acids is 1. The van der Waals surface area contributed by atoms with Crippen LogP contribution in [-0.2, 0) is 6.42 Å². The second-order valence-electron chi connectivity index (χ2n) is 4.48. The summed E-state index contributed by atoms with van der Waals surface area (Å²) >= 11 is 4.19. The molecule has 0 aliphatic heterocycles. The second-order valence-corrected chi connectivity index (χ2v) is 5.00. The molecule has 2 aromatic carbocycles. The van der Waals surface area contributed by atoms with Crippen molar-refractivity contribution in [3.05, 3.63) is 69.8 Å². The van der Waals surface area contributed by atoms with Gasteiger partial charge < -0.3 is 5.32 Å². The molecule has 0 radical (unpaired) electrons. The molecule has 0 bridgehead atoms. The average molecular weight is 302 g/mol. The molecular weight excluding hydrogens is 288 g/mol. The Bertz CT molecular complexity index is 656.